The maximum absolute atomic E-state index is 8.68. The van der Waals surface area contributed by atoms with Crippen LogP contribution < -0.4 is 11.5 Å². The fraction of sp³-hybridized carbons (Fsp3) is 0. The zero-order valence-electron chi connectivity index (χ0n) is 8.46. The van der Waals surface area contributed by atoms with Crippen LogP contribution in [0.3, 0.4) is 0 Å². The number of halogens is 4. The molecule has 0 radical (unpaired) electrons. The molecule has 10 heteroatoms. The molecule has 0 spiro atoms. The predicted octanol–water partition coefficient (Wildman–Crippen LogP) is 2.49. The summed E-state index contributed by atoms with van der Waals surface area (Å²) in [6.45, 7) is 0. The van der Waals surface area contributed by atoms with Gasteiger partial charge >= 0.3 is 0 Å². The Bertz CT molecular complexity index is 510. The van der Waals surface area contributed by atoms with Crippen LogP contribution in [0.25, 0.3) is 0 Å². The average Bonchev–Trinajstić information content (AvgIpc) is 2.38. The van der Waals surface area contributed by atoms with E-state index in [2.05, 4.69) is 10.3 Å². The van der Waals surface area contributed by atoms with Gasteiger partial charge in [-0.25, -0.2) is 0 Å². The van der Waals surface area contributed by atoms with E-state index in [1.165, 1.54) is 0 Å². The van der Waals surface area contributed by atoms with Crippen LogP contribution in [0, 0.1) is 0 Å². The summed E-state index contributed by atoms with van der Waals surface area (Å²) in [5.41, 5.74) is 10.7. The first-order chi connectivity index (χ1) is 8.36. The van der Waals surface area contributed by atoms with Gasteiger partial charge in [0.05, 0.1) is 31.2 Å². The molecule has 0 aliphatic rings. The summed E-state index contributed by atoms with van der Waals surface area (Å²) in [4.78, 5) is 0. The minimum Gasteiger partial charge on any atom is -0.409 e. The molecule has 0 saturated carbocycles. The summed E-state index contributed by atoms with van der Waals surface area (Å²) in [5, 5.41) is 22.4. The Hall–Kier alpha value is -1.08. The van der Waals surface area contributed by atoms with E-state index in [-0.39, 0.29) is 31.2 Å². The van der Waals surface area contributed by atoms with Crippen molar-refractivity contribution >= 4 is 58.1 Å². The molecule has 0 amide bonds. The Kier molecular flexibility index (Phi) is 4.75. The van der Waals surface area contributed by atoms with Crippen molar-refractivity contribution in [2.45, 2.75) is 0 Å². The van der Waals surface area contributed by atoms with E-state index in [9.17, 15) is 0 Å². The molecule has 0 aliphatic carbocycles. The van der Waals surface area contributed by atoms with Crippen LogP contribution in [0.5, 0.6) is 0 Å². The van der Waals surface area contributed by atoms with E-state index < -0.39 is 11.7 Å². The van der Waals surface area contributed by atoms with Crippen molar-refractivity contribution < 1.29 is 10.4 Å². The average molecular weight is 332 g/mol. The lowest BCUT2D eigenvalue weighted by Crippen LogP contribution is -2.23. The number of benzene rings is 1. The lowest BCUT2D eigenvalue weighted by molar-refractivity contribution is 0.317. The molecule has 1 aromatic carbocycles. The first-order valence-electron chi connectivity index (χ1n) is 4.18. The van der Waals surface area contributed by atoms with Crippen LogP contribution in [-0.2, 0) is 0 Å². The van der Waals surface area contributed by atoms with E-state index in [4.69, 9.17) is 68.3 Å². The minimum atomic E-state index is -0.415. The second-order valence-corrected chi connectivity index (χ2v) is 4.49. The quantitative estimate of drug-likeness (QED) is 0.166. The molecule has 0 fully saturated rings. The molecule has 0 unspecified atom stereocenters. The molecule has 1 aromatic rings. The van der Waals surface area contributed by atoms with Gasteiger partial charge in [-0.1, -0.05) is 56.7 Å². The standard InChI is InChI=1S/C8H6Cl4N4O2/c9-3-1(7(13)15-17)2(8(14)16-18)4(10)6(12)5(3)11/h17-18H,(H2,13,15)(H2,14,16). The fourth-order valence-electron chi connectivity index (χ4n) is 1.21. The maximum Gasteiger partial charge on any atom is 0.172 e. The summed E-state index contributed by atoms with van der Waals surface area (Å²) >= 11 is 23.5. The number of hydrogen-bond acceptors (Lipinski definition) is 4. The topological polar surface area (TPSA) is 117 Å². The van der Waals surface area contributed by atoms with E-state index in [0.29, 0.717) is 0 Å². The lowest BCUT2D eigenvalue weighted by atomic mass is 10.1. The van der Waals surface area contributed by atoms with Crippen LogP contribution in [0.2, 0.25) is 20.1 Å². The summed E-state index contributed by atoms with van der Waals surface area (Å²) in [5.74, 6) is -0.830. The normalized spacial score (nSPS) is 12.9. The van der Waals surface area contributed by atoms with Crippen molar-refractivity contribution in [3.63, 3.8) is 0 Å². The Balaban J connectivity index is 3.88. The Morgan fingerprint density at radius 2 is 1.00 bits per heavy atom. The van der Waals surface area contributed by atoms with Crippen molar-refractivity contribution in [3.8, 4) is 0 Å². The Morgan fingerprint density at radius 1 is 0.722 bits per heavy atom. The summed E-state index contributed by atoms with van der Waals surface area (Å²) < 4.78 is 0. The van der Waals surface area contributed by atoms with Gasteiger partial charge in [0.2, 0.25) is 0 Å². The van der Waals surface area contributed by atoms with Crippen molar-refractivity contribution in [1.29, 1.82) is 0 Å². The van der Waals surface area contributed by atoms with Gasteiger partial charge in [-0.15, -0.1) is 0 Å². The third kappa shape index (κ3) is 2.37. The first kappa shape index (κ1) is 15.0. The molecule has 1 rings (SSSR count). The molecule has 0 aliphatic heterocycles. The van der Waals surface area contributed by atoms with Gasteiger partial charge < -0.3 is 21.9 Å². The maximum atomic E-state index is 8.68. The number of rotatable bonds is 2. The van der Waals surface area contributed by atoms with Crippen LogP contribution in [0.15, 0.2) is 10.3 Å². The molecule has 98 valence electrons. The van der Waals surface area contributed by atoms with Crippen molar-refractivity contribution in [3.05, 3.63) is 31.2 Å². The molecule has 6 nitrogen and oxygen atoms in total. The summed E-state index contributed by atoms with van der Waals surface area (Å²) in [6.07, 6.45) is 0. The predicted molar refractivity (Wildman–Crippen MR) is 71.5 cm³/mol. The largest absolute Gasteiger partial charge is 0.409 e. The van der Waals surface area contributed by atoms with Gasteiger partial charge in [0, 0.05) is 0 Å². The second-order valence-electron chi connectivity index (χ2n) is 2.98. The third-order valence-electron chi connectivity index (χ3n) is 1.99. The van der Waals surface area contributed by atoms with Gasteiger partial charge in [-0.2, -0.15) is 0 Å². The lowest BCUT2D eigenvalue weighted by Gasteiger charge is -2.14. The van der Waals surface area contributed by atoms with Crippen LogP contribution >= 0.6 is 46.4 Å². The zero-order chi connectivity index (χ0) is 14.0. The molecule has 18 heavy (non-hydrogen) atoms. The molecular weight excluding hydrogens is 326 g/mol. The number of amidine groups is 2. The minimum absolute atomic E-state index is 0.0890. The molecule has 6 N–H and O–H groups in total. The summed E-state index contributed by atoms with van der Waals surface area (Å²) in [6, 6.07) is 0. The SMILES string of the molecule is N/C(=N\O)c1c(Cl)c(Cl)c(Cl)c(Cl)c1/C(N)=N/O. The number of nitrogens with zero attached hydrogens (tertiary/aromatic N) is 2. The smallest absolute Gasteiger partial charge is 0.172 e. The number of hydrogen-bond donors (Lipinski definition) is 4. The van der Waals surface area contributed by atoms with Gasteiger partial charge in [-0.05, 0) is 0 Å². The highest BCUT2D eigenvalue weighted by Crippen LogP contribution is 2.41. The Morgan fingerprint density at radius 3 is 1.22 bits per heavy atom. The highest BCUT2D eigenvalue weighted by Gasteiger charge is 2.25. The molecule has 0 aromatic heterocycles. The van der Waals surface area contributed by atoms with Gasteiger partial charge in [0.25, 0.3) is 0 Å². The second kappa shape index (κ2) is 5.71. The van der Waals surface area contributed by atoms with Crippen LogP contribution in [0.1, 0.15) is 11.1 Å². The monoisotopic (exact) mass is 330 g/mol. The van der Waals surface area contributed by atoms with E-state index >= 15 is 0 Å². The van der Waals surface area contributed by atoms with Gasteiger partial charge in [0.15, 0.2) is 11.7 Å². The summed E-state index contributed by atoms with van der Waals surface area (Å²) in [7, 11) is 0. The Labute approximate surface area is 121 Å². The molecule has 0 heterocycles. The van der Waals surface area contributed by atoms with E-state index in [0.717, 1.165) is 0 Å². The van der Waals surface area contributed by atoms with E-state index in [1.54, 1.807) is 0 Å². The van der Waals surface area contributed by atoms with Crippen molar-refractivity contribution in [2.75, 3.05) is 0 Å². The molecule has 0 saturated heterocycles. The molecular formula is C8H6Cl4N4O2. The van der Waals surface area contributed by atoms with Crippen molar-refractivity contribution in [2.24, 2.45) is 21.8 Å². The first-order valence-corrected chi connectivity index (χ1v) is 5.69. The highest BCUT2D eigenvalue weighted by molar-refractivity contribution is 6.54. The number of oxime groups is 2. The molecule has 0 bridgehead atoms. The van der Waals surface area contributed by atoms with Gasteiger partial charge in [-0.3, -0.25) is 0 Å². The van der Waals surface area contributed by atoms with Crippen LogP contribution in [-0.4, -0.2) is 22.1 Å². The molecule has 0 atom stereocenters. The fourth-order valence-corrected chi connectivity index (χ4v) is 2.26. The number of nitrogens with two attached hydrogens (primary N) is 2. The van der Waals surface area contributed by atoms with Gasteiger partial charge in [0.1, 0.15) is 0 Å². The van der Waals surface area contributed by atoms with E-state index in [1.807, 2.05) is 0 Å². The highest BCUT2D eigenvalue weighted by atomic mass is 35.5. The van der Waals surface area contributed by atoms with Crippen LogP contribution in [0.4, 0.5) is 0 Å². The third-order valence-corrected chi connectivity index (χ3v) is 3.80. The zero-order valence-corrected chi connectivity index (χ0v) is 11.5. The van der Waals surface area contributed by atoms with Crippen molar-refractivity contribution in [1.82, 2.24) is 0 Å².